The summed E-state index contributed by atoms with van der Waals surface area (Å²) in [6.07, 6.45) is 2.14. The number of carboxylic acids is 1. The van der Waals surface area contributed by atoms with E-state index in [9.17, 15) is 4.79 Å². The fourth-order valence-electron chi connectivity index (χ4n) is 0.591. The van der Waals surface area contributed by atoms with E-state index in [1.54, 1.807) is 0 Å². The average molecular weight is 179 g/mol. The Morgan fingerprint density at radius 1 is 1.75 bits per heavy atom. The van der Waals surface area contributed by atoms with Gasteiger partial charge in [0.15, 0.2) is 0 Å². The van der Waals surface area contributed by atoms with Gasteiger partial charge in [-0.2, -0.15) is 0 Å². The molecule has 0 aliphatic heterocycles. The van der Waals surface area contributed by atoms with Gasteiger partial charge in [0.25, 0.3) is 0 Å². The van der Waals surface area contributed by atoms with E-state index in [1.165, 1.54) is 0 Å². The van der Waals surface area contributed by atoms with Crippen LogP contribution in [0.5, 0.6) is 0 Å². The summed E-state index contributed by atoms with van der Waals surface area (Å²) in [4.78, 5) is 9.84. The molecule has 0 bridgehead atoms. The molecular formula is C5H7BrO2. The topological polar surface area (TPSA) is 37.3 Å². The molecule has 0 unspecified atom stereocenters. The van der Waals surface area contributed by atoms with Crippen LogP contribution in [0, 0.1) is 5.92 Å². The highest BCUT2D eigenvalue weighted by Gasteiger charge is 2.33. The quantitative estimate of drug-likeness (QED) is 0.647. The first-order valence-electron chi connectivity index (χ1n) is 2.58. The number of hydrogen-bond acceptors (Lipinski definition) is 1. The van der Waals surface area contributed by atoms with Crippen molar-refractivity contribution in [2.75, 3.05) is 0 Å². The Balaban J connectivity index is 2.32. The second-order valence-corrected chi connectivity index (χ2v) is 3.06. The van der Waals surface area contributed by atoms with Crippen molar-refractivity contribution in [3.63, 3.8) is 0 Å². The second-order valence-electron chi connectivity index (χ2n) is 2.08. The first kappa shape index (κ1) is 6.08. The summed E-state index contributed by atoms with van der Waals surface area (Å²) in [5, 5.41) is 8.35. The molecule has 1 atom stereocenters. The zero-order valence-corrected chi connectivity index (χ0v) is 5.89. The first-order valence-corrected chi connectivity index (χ1v) is 3.50. The third-order valence-electron chi connectivity index (χ3n) is 1.27. The standard InChI is InChI=1S/C5H7BrO2/c6-4(5(7)8)3-1-2-3/h3-4H,1-2H2,(H,7,8)/t4-/m1/s1. The summed E-state index contributed by atoms with van der Waals surface area (Å²) >= 11 is 3.07. The molecular weight excluding hydrogens is 172 g/mol. The van der Waals surface area contributed by atoms with Gasteiger partial charge < -0.3 is 5.11 Å². The van der Waals surface area contributed by atoms with Gasteiger partial charge in [0.05, 0.1) is 0 Å². The van der Waals surface area contributed by atoms with E-state index in [2.05, 4.69) is 15.9 Å². The minimum atomic E-state index is -0.729. The Bertz CT molecular complexity index is 109. The van der Waals surface area contributed by atoms with Crippen LogP contribution in [0.25, 0.3) is 0 Å². The molecule has 1 aliphatic carbocycles. The zero-order valence-electron chi connectivity index (χ0n) is 4.30. The lowest BCUT2D eigenvalue weighted by atomic mass is 10.3. The van der Waals surface area contributed by atoms with E-state index in [4.69, 9.17) is 5.11 Å². The monoisotopic (exact) mass is 178 g/mol. The van der Waals surface area contributed by atoms with Crippen LogP contribution in [0.4, 0.5) is 0 Å². The lowest BCUT2D eigenvalue weighted by molar-refractivity contribution is -0.136. The van der Waals surface area contributed by atoms with Crippen LogP contribution in [-0.2, 0) is 4.79 Å². The van der Waals surface area contributed by atoms with Gasteiger partial charge in [-0.15, -0.1) is 0 Å². The highest BCUT2D eigenvalue weighted by molar-refractivity contribution is 9.10. The molecule has 3 heteroatoms. The molecule has 0 saturated heterocycles. The average Bonchev–Trinajstić information content (AvgIpc) is 2.43. The molecule has 1 rings (SSSR count). The van der Waals surface area contributed by atoms with Gasteiger partial charge in [-0.05, 0) is 18.8 Å². The summed E-state index contributed by atoms with van der Waals surface area (Å²) in [7, 11) is 0. The number of alkyl halides is 1. The molecule has 0 spiro atoms. The van der Waals surface area contributed by atoms with Gasteiger partial charge in [0.2, 0.25) is 0 Å². The molecule has 0 radical (unpaired) electrons. The maximum Gasteiger partial charge on any atom is 0.317 e. The molecule has 1 aliphatic rings. The van der Waals surface area contributed by atoms with Crippen LogP contribution in [0.2, 0.25) is 0 Å². The van der Waals surface area contributed by atoms with Crippen LogP contribution in [-0.4, -0.2) is 15.9 Å². The van der Waals surface area contributed by atoms with Crippen LogP contribution in [0.3, 0.4) is 0 Å². The second kappa shape index (κ2) is 2.05. The van der Waals surface area contributed by atoms with Crippen molar-refractivity contribution in [1.82, 2.24) is 0 Å². The maximum absolute atomic E-state index is 10.1. The molecule has 0 amide bonds. The Labute approximate surface area is 56.0 Å². The zero-order chi connectivity index (χ0) is 6.15. The lowest BCUT2D eigenvalue weighted by Gasteiger charge is -1.96. The minimum Gasteiger partial charge on any atom is -0.480 e. The molecule has 0 aromatic heterocycles. The maximum atomic E-state index is 10.1. The Kier molecular flexibility index (Phi) is 1.56. The number of rotatable bonds is 2. The van der Waals surface area contributed by atoms with Gasteiger partial charge in [-0.1, -0.05) is 15.9 Å². The molecule has 1 saturated carbocycles. The van der Waals surface area contributed by atoms with E-state index in [0.717, 1.165) is 12.8 Å². The third kappa shape index (κ3) is 1.22. The number of hydrogen-bond donors (Lipinski definition) is 1. The molecule has 1 fully saturated rings. The number of aliphatic carboxylic acids is 1. The smallest absolute Gasteiger partial charge is 0.317 e. The van der Waals surface area contributed by atoms with Crippen molar-refractivity contribution in [1.29, 1.82) is 0 Å². The van der Waals surface area contributed by atoms with Gasteiger partial charge in [-0.3, -0.25) is 4.79 Å². The van der Waals surface area contributed by atoms with E-state index in [-0.39, 0.29) is 4.83 Å². The predicted octanol–water partition coefficient (Wildman–Crippen LogP) is 1.24. The highest BCUT2D eigenvalue weighted by Crippen LogP contribution is 2.36. The number of halogens is 1. The van der Waals surface area contributed by atoms with Crippen molar-refractivity contribution < 1.29 is 9.90 Å². The van der Waals surface area contributed by atoms with Crippen LogP contribution in [0.1, 0.15) is 12.8 Å². The highest BCUT2D eigenvalue weighted by atomic mass is 79.9. The predicted molar refractivity (Wildman–Crippen MR) is 33.1 cm³/mol. The van der Waals surface area contributed by atoms with E-state index in [0.29, 0.717) is 5.92 Å². The van der Waals surface area contributed by atoms with Crippen molar-refractivity contribution in [2.45, 2.75) is 17.7 Å². The van der Waals surface area contributed by atoms with E-state index < -0.39 is 5.97 Å². The molecule has 8 heavy (non-hydrogen) atoms. The molecule has 0 aromatic rings. The van der Waals surface area contributed by atoms with Crippen LogP contribution >= 0.6 is 15.9 Å². The van der Waals surface area contributed by atoms with Gasteiger partial charge in [0.1, 0.15) is 4.83 Å². The van der Waals surface area contributed by atoms with Crippen molar-refractivity contribution in [3.8, 4) is 0 Å². The summed E-state index contributed by atoms with van der Waals surface area (Å²) in [6.45, 7) is 0. The molecule has 2 nitrogen and oxygen atoms in total. The van der Waals surface area contributed by atoms with E-state index >= 15 is 0 Å². The van der Waals surface area contributed by atoms with E-state index in [1.807, 2.05) is 0 Å². The van der Waals surface area contributed by atoms with Crippen LogP contribution in [0.15, 0.2) is 0 Å². The Hall–Kier alpha value is -0.0500. The number of carbonyl (C=O) groups is 1. The van der Waals surface area contributed by atoms with Crippen molar-refractivity contribution >= 4 is 21.9 Å². The Morgan fingerprint density at radius 3 is 2.38 bits per heavy atom. The lowest BCUT2D eigenvalue weighted by Crippen LogP contribution is -2.13. The van der Waals surface area contributed by atoms with Gasteiger partial charge >= 0.3 is 5.97 Å². The number of carboxylic acid groups (broad SMARTS) is 1. The SMILES string of the molecule is O=C(O)[C@H](Br)C1CC1. The Morgan fingerprint density at radius 2 is 2.25 bits per heavy atom. The van der Waals surface area contributed by atoms with Gasteiger partial charge in [0, 0.05) is 0 Å². The van der Waals surface area contributed by atoms with Crippen molar-refractivity contribution in [3.05, 3.63) is 0 Å². The summed E-state index contributed by atoms with van der Waals surface area (Å²) < 4.78 is 0. The molecule has 1 N–H and O–H groups in total. The summed E-state index contributed by atoms with van der Waals surface area (Å²) in [6, 6.07) is 0. The third-order valence-corrected chi connectivity index (χ3v) is 2.41. The van der Waals surface area contributed by atoms with Crippen molar-refractivity contribution in [2.24, 2.45) is 5.92 Å². The summed E-state index contributed by atoms with van der Waals surface area (Å²) in [5.41, 5.74) is 0. The summed E-state index contributed by atoms with van der Waals surface area (Å²) in [5.74, 6) is -0.319. The minimum absolute atomic E-state index is 0.289. The normalized spacial score (nSPS) is 22.6. The largest absolute Gasteiger partial charge is 0.480 e. The molecule has 0 heterocycles. The molecule has 0 aromatic carbocycles. The first-order chi connectivity index (χ1) is 3.72. The fraction of sp³-hybridized carbons (Fsp3) is 0.800. The van der Waals surface area contributed by atoms with Gasteiger partial charge in [-0.25, -0.2) is 0 Å². The van der Waals surface area contributed by atoms with Crippen LogP contribution < -0.4 is 0 Å². The molecule has 46 valence electrons. The fourth-order valence-corrected chi connectivity index (χ4v) is 1.12.